The summed E-state index contributed by atoms with van der Waals surface area (Å²) >= 11 is 0. The third-order valence-electron chi connectivity index (χ3n) is 3.30. The summed E-state index contributed by atoms with van der Waals surface area (Å²) in [6, 6.07) is 8.64. The molecule has 0 aliphatic rings. The predicted molar refractivity (Wildman–Crippen MR) is 78.8 cm³/mol. The van der Waals surface area contributed by atoms with Gasteiger partial charge in [0.25, 0.3) is 0 Å². The maximum atomic E-state index is 5.90. The van der Waals surface area contributed by atoms with Crippen LogP contribution in [-0.2, 0) is 4.74 Å². The summed E-state index contributed by atoms with van der Waals surface area (Å²) in [5.41, 5.74) is 0.921. The number of methoxy groups -OCH3 is 1. The van der Waals surface area contributed by atoms with Crippen LogP contribution in [0.25, 0.3) is 6.08 Å². The standard InChI is InChI=1S/C17H24O2/c1-5-8-11-15(7-3)17(18-4)19-16-12-9-10-14(6-2)13-16/h2,6,9-10,13,15,17H,5,7-8,11H2,1,3-4H3. The number of rotatable bonds is 9. The molecule has 0 saturated carbocycles. The second-order valence-corrected chi connectivity index (χ2v) is 4.69. The van der Waals surface area contributed by atoms with Crippen molar-refractivity contribution < 1.29 is 9.47 Å². The van der Waals surface area contributed by atoms with Crippen molar-refractivity contribution in [2.24, 2.45) is 5.92 Å². The first-order chi connectivity index (χ1) is 9.24. The van der Waals surface area contributed by atoms with Crippen LogP contribution >= 0.6 is 0 Å². The number of unbranched alkanes of at least 4 members (excludes halogenated alkanes) is 1. The molecule has 2 nitrogen and oxygen atoms in total. The molecule has 0 heterocycles. The van der Waals surface area contributed by atoms with Crippen LogP contribution < -0.4 is 4.74 Å². The first-order valence-corrected chi connectivity index (χ1v) is 7.01. The third-order valence-corrected chi connectivity index (χ3v) is 3.30. The van der Waals surface area contributed by atoms with Crippen molar-refractivity contribution in [3.63, 3.8) is 0 Å². The molecule has 104 valence electrons. The number of benzene rings is 1. The molecule has 0 aliphatic heterocycles. The zero-order valence-electron chi connectivity index (χ0n) is 12.2. The fraction of sp³-hybridized carbons (Fsp3) is 0.529. The summed E-state index contributed by atoms with van der Waals surface area (Å²) in [6.07, 6.45) is 5.88. The Morgan fingerprint density at radius 3 is 2.79 bits per heavy atom. The van der Waals surface area contributed by atoms with Crippen molar-refractivity contribution in [2.75, 3.05) is 7.11 Å². The van der Waals surface area contributed by atoms with Gasteiger partial charge in [-0.25, -0.2) is 0 Å². The molecule has 2 radical (unpaired) electrons. The van der Waals surface area contributed by atoms with E-state index in [9.17, 15) is 0 Å². The van der Waals surface area contributed by atoms with Gasteiger partial charge in [-0.2, -0.15) is 0 Å². The van der Waals surface area contributed by atoms with E-state index >= 15 is 0 Å². The van der Waals surface area contributed by atoms with Gasteiger partial charge in [-0.15, -0.1) is 0 Å². The summed E-state index contributed by atoms with van der Waals surface area (Å²) in [5.74, 6) is 1.09. The second-order valence-electron chi connectivity index (χ2n) is 4.69. The molecule has 1 aromatic carbocycles. The minimum absolute atomic E-state index is 0.221. The van der Waals surface area contributed by atoms with Gasteiger partial charge in [0.1, 0.15) is 5.75 Å². The Labute approximate surface area is 117 Å². The third kappa shape index (κ3) is 5.07. The molecule has 1 rings (SSSR count). The maximum Gasteiger partial charge on any atom is 0.202 e. The fourth-order valence-corrected chi connectivity index (χ4v) is 2.09. The highest BCUT2D eigenvalue weighted by atomic mass is 16.7. The molecule has 0 spiro atoms. The van der Waals surface area contributed by atoms with E-state index in [0.29, 0.717) is 11.7 Å². The van der Waals surface area contributed by atoms with Crippen molar-refractivity contribution in [3.05, 3.63) is 36.4 Å². The summed E-state index contributed by atoms with van der Waals surface area (Å²) < 4.78 is 11.4. The lowest BCUT2D eigenvalue weighted by atomic mass is 9.98. The van der Waals surface area contributed by atoms with Crippen LogP contribution in [0.1, 0.15) is 45.1 Å². The molecule has 1 aromatic rings. The van der Waals surface area contributed by atoms with Gasteiger partial charge in [-0.1, -0.05) is 45.4 Å². The zero-order chi connectivity index (χ0) is 14.1. The van der Waals surface area contributed by atoms with E-state index in [1.807, 2.05) is 18.2 Å². The summed E-state index contributed by atoms with van der Waals surface area (Å²) in [7, 11) is 1.69. The highest BCUT2D eigenvalue weighted by molar-refractivity contribution is 5.48. The number of hydrogen-bond donors (Lipinski definition) is 0. The Bertz CT molecular complexity index is 373. The predicted octanol–water partition coefficient (Wildman–Crippen LogP) is 4.50. The van der Waals surface area contributed by atoms with Crippen molar-refractivity contribution in [2.45, 2.75) is 45.8 Å². The van der Waals surface area contributed by atoms with Crippen LogP contribution in [0.2, 0.25) is 0 Å². The van der Waals surface area contributed by atoms with E-state index in [1.54, 1.807) is 13.2 Å². The smallest absolute Gasteiger partial charge is 0.202 e. The Hall–Kier alpha value is -1.28. The van der Waals surface area contributed by atoms with Crippen LogP contribution in [0.4, 0.5) is 0 Å². The zero-order valence-corrected chi connectivity index (χ0v) is 12.2. The van der Waals surface area contributed by atoms with Gasteiger partial charge in [-0.05, 0) is 30.5 Å². The van der Waals surface area contributed by atoms with E-state index in [0.717, 1.165) is 18.4 Å². The van der Waals surface area contributed by atoms with Gasteiger partial charge < -0.3 is 9.47 Å². The molecule has 2 unspecified atom stereocenters. The summed E-state index contributed by atoms with van der Waals surface area (Å²) in [6.45, 7) is 9.88. The van der Waals surface area contributed by atoms with Gasteiger partial charge in [0.2, 0.25) is 6.29 Å². The highest BCUT2D eigenvalue weighted by Gasteiger charge is 2.21. The molecular weight excluding hydrogens is 236 g/mol. The first kappa shape index (κ1) is 15.8. The summed E-state index contributed by atoms with van der Waals surface area (Å²) in [5, 5.41) is 0. The van der Waals surface area contributed by atoms with Gasteiger partial charge in [0, 0.05) is 19.1 Å². The van der Waals surface area contributed by atoms with Crippen LogP contribution in [0.3, 0.4) is 0 Å². The SMILES string of the molecule is [CH]=Cc1cc[c]c(OC(OC)C(CC)CCCC)c1. The van der Waals surface area contributed by atoms with Crippen molar-refractivity contribution in [1.29, 1.82) is 0 Å². The van der Waals surface area contributed by atoms with Crippen LogP contribution in [0, 0.1) is 18.6 Å². The van der Waals surface area contributed by atoms with Crippen LogP contribution in [-0.4, -0.2) is 13.4 Å². The largest absolute Gasteiger partial charge is 0.464 e. The molecule has 0 bridgehead atoms. The molecule has 0 aliphatic carbocycles. The minimum Gasteiger partial charge on any atom is -0.464 e. The summed E-state index contributed by atoms with van der Waals surface area (Å²) in [4.78, 5) is 0. The average Bonchev–Trinajstić information content (AvgIpc) is 2.46. The number of hydrogen-bond acceptors (Lipinski definition) is 2. The molecular formula is C17H24O2. The van der Waals surface area contributed by atoms with Crippen LogP contribution in [0.15, 0.2) is 18.2 Å². The molecule has 2 atom stereocenters. The lowest BCUT2D eigenvalue weighted by Crippen LogP contribution is -2.28. The highest BCUT2D eigenvalue weighted by Crippen LogP contribution is 2.23. The van der Waals surface area contributed by atoms with Crippen molar-refractivity contribution in [1.82, 2.24) is 0 Å². The Balaban J connectivity index is 2.70. The average molecular weight is 260 g/mol. The Morgan fingerprint density at radius 2 is 2.21 bits per heavy atom. The molecule has 2 heteroatoms. The first-order valence-electron chi connectivity index (χ1n) is 7.01. The van der Waals surface area contributed by atoms with Crippen molar-refractivity contribution >= 4 is 6.08 Å². The monoisotopic (exact) mass is 260 g/mol. The second kappa shape index (κ2) is 8.76. The minimum atomic E-state index is -0.221. The molecule has 0 aromatic heterocycles. The Kier molecular flexibility index (Phi) is 7.27. The van der Waals surface area contributed by atoms with E-state index in [2.05, 4.69) is 19.9 Å². The van der Waals surface area contributed by atoms with Crippen molar-refractivity contribution in [3.8, 4) is 5.75 Å². The van der Waals surface area contributed by atoms with E-state index < -0.39 is 0 Å². The molecule has 0 N–H and O–H groups in total. The quantitative estimate of drug-likeness (QED) is 0.609. The maximum absolute atomic E-state index is 5.90. The lowest BCUT2D eigenvalue weighted by Gasteiger charge is -2.25. The number of ether oxygens (including phenoxy) is 2. The van der Waals surface area contributed by atoms with Gasteiger partial charge in [-0.3, -0.25) is 0 Å². The van der Waals surface area contributed by atoms with Gasteiger partial charge in [0.05, 0.1) is 0 Å². The van der Waals surface area contributed by atoms with Gasteiger partial charge >= 0.3 is 0 Å². The lowest BCUT2D eigenvalue weighted by molar-refractivity contribution is -0.0961. The van der Waals surface area contributed by atoms with Crippen LogP contribution in [0.5, 0.6) is 5.75 Å². The fourth-order valence-electron chi connectivity index (χ4n) is 2.09. The molecule has 19 heavy (non-hydrogen) atoms. The van der Waals surface area contributed by atoms with E-state index in [4.69, 9.17) is 16.1 Å². The normalized spacial score (nSPS) is 13.8. The molecule has 0 saturated heterocycles. The topological polar surface area (TPSA) is 18.5 Å². The molecule has 0 amide bonds. The van der Waals surface area contributed by atoms with E-state index in [1.165, 1.54) is 12.8 Å². The molecule has 0 fully saturated rings. The Morgan fingerprint density at radius 1 is 1.42 bits per heavy atom. The van der Waals surface area contributed by atoms with E-state index in [-0.39, 0.29) is 6.29 Å². The van der Waals surface area contributed by atoms with Gasteiger partial charge in [0.15, 0.2) is 0 Å².